The molecule has 0 heterocycles. The lowest BCUT2D eigenvalue weighted by atomic mass is 9.86. The fourth-order valence-corrected chi connectivity index (χ4v) is 2.18. The number of hydrogen-bond donors (Lipinski definition) is 1. The van der Waals surface area contributed by atoms with Crippen LogP contribution in [-0.4, -0.2) is 13.2 Å². The van der Waals surface area contributed by atoms with Gasteiger partial charge in [-0.15, -0.1) is 0 Å². The molecule has 0 saturated heterocycles. The minimum absolute atomic E-state index is 0.646. The highest BCUT2D eigenvalue weighted by atomic mass is 16.5. The van der Waals surface area contributed by atoms with Crippen LogP contribution in [0.15, 0.2) is 24.3 Å². The van der Waals surface area contributed by atoms with Gasteiger partial charge in [0.25, 0.3) is 0 Å². The zero-order valence-corrected chi connectivity index (χ0v) is 11.3. The van der Waals surface area contributed by atoms with E-state index in [0.717, 1.165) is 12.2 Å². The van der Waals surface area contributed by atoms with Gasteiger partial charge in [0.2, 0.25) is 0 Å². The summed E-state index contributed by atoms with van der Waals surface area (Å²) in [6.45, 7) is 8.19. The molecule has 0 aromatic heterocycles. The molecule has 0 amide bonds. The van der Waals surface area contributed by atoms with Crippen LogP contribution in [0.5, 0.6) is 5.75 Å². The van der Waals surface area contributed by atoms with Crippen LogP contribution in [0.2, 0.25) is 0 Å². The Kier molecular flexibility index (Phi) is 6.06. The number of rotatable bonds is 7. The number of hydrogen-bond acceptors (Lipinski definition) is 2. The molecule has 1 unspecified atom stereocenters. The lowest BCUT2D eigenvalue weighted by Crippen LogP contribution is -2.07. The smallest absolute Gasteiger partial charge is 0.119 e. The fourth-order valence-electron chi connectivity index (χ4n) is 2.18. The average molecular weight is 235 g/mol. The quantitative estimate of drug-likeness (QED) is 0.733. The van der Waals surface area contributed by atoms with E-state index >= 15 is 0 Å². The van der Waals surface area contributed by atoms with Crippen molar-refractivity contribution in [3.63, 3.8) is 0 Å². The maximum Gasteiger partial charge on any atom is 0.119 e. The molecule has 1 aromatic rings. The van der Waals surface area contributed by atoms with E-state index < -0.39 is 0 Å². The molecule has 0 radical (unpaired) electrons. The largest absolute Gasteiger partial charge is 0.494 e. The Morgan fingerprint density at radius 3 is 2.29 bits per heavy atom. The highest BCUT2D eigenvalue weighted by molar-refractivity contribution is 5.29. The lowest BCUT2D eigenvalue weighted by molar-refractivity contribution is 0.313. The second-order valence-corrected chi connectivity index (χ2v) is 4.82. The molecule has 17 heavy (non-hydrogen) atoms. The van der Waals surface area contributed by atoms with Gasteiger partial charge >= 0.3 is 0 Å². The first-order valence-electron chi connectivity index (χ1n) is 6.61. The van der Waals surface area contributed by atoms with Crippen LogP contribution < -0.4 is 10.5 Å². The average Bonchev–Trinajstić information content (AvgIpc) is 2.32. The van der Waals surface area contributed by atoms with Gasteiger partial charge in [-0.25, -0.2) is 0 Å². The first kappa shape index (κ1) is 14.0. The summed E-state index contributed by atoms with van der Waals surface area (Å²) in [7, 11) is 0. The summed E-state index contributed by atoms with van der Waals surface area (Å²) >= 11 is 0. The van der Waals surface area contributed by atoms with Crippen LogP contribution >= 0.6 is 0 Å². The van der Waals surface area contributed by atoms with E-state index in [1.54, 1.807) is 0 Å². The monoisotopic (exact) mass is 235 g/mol. The van der Waals surface area contributed by atoms with E-state index in [1.165, 1.54) is 12.0 Å². The van der Waals surface area contributed by atoms with Gasteiger partial charge in [-0.2, -0.15) is 0 Å². The first-order chi connectivity index (χ1) is 8.19. The molecule has 0 fully saturated rings. The van der Waals surface area contributed by atoms with Crippen LogP contribution in [0, 0.1) is 5.92 Å². The summed E-state index contributed by atoms with van der Waals surface area (Å²) in [4.78, 5) is 0. The van der Waals surface area contributed by atoms with Gasteiger partial charge in [-0.1, -0.05) is 32.9 Å². The minimum Gasteiger partial charge on any atom is -0.494 e. The molecule has 0 spiro atoms. The Morgan fingerprint density at radius 1 is 1.18 bits per heavy atom. The molecule has 0 aliphatic rings. The third-order valence-electron chi connectivity index (χ3n) is 3.17. The number of benzene rings is 1. The third-order valence-corrected chi connectivity index (χ3v) is 3.17. The van der Waals surface area contributed by atoms with Gasteiger partial charge in [0.15, 0.2) is 0 Å². The Bertz CT molecular complexity index is 305. The summed E-state index contributed by atoms with van der Waals surface area (Å²) in [6.07, 6.45) is 2.09. The third kappa shape index (κ3) is 4.39. The van der Waals surface area contributed by atoms with Crippen molar-refractivity contribution in [2.24, 2.45) is 11.7 Å². The molecule has 96 valence electrons. The van der Waals surface area contributed by atoms with Gasteiger partial charge in [0.05, 0.1) is 6.61 Å². The first-order valence-corrected chi connectivity index (χ1v) is 6.61. The second kappa shape index (κ2) is 7.33. The molecule has 0 bridgehead atoms. The minimum atomic E-state index is 0.646. The summed E-state index contributed by atoms with van der Waals surface area (Å²) in [5, 5.41) is 0. The number of nitrogens with two attached hydrogens (primary N) is 1. The van der Waals surface area contributed by atoms with E-state index in [1.807, 2.05) is 0 Å². The van der Waals surface area contributed by atoms with Crippen molar-refractivity contribution in [2.75, 3.05) is 13.2 Å². The van der Waals surface area contributed by atoms with E-state index in [9.17, 15) is 0 Å². The lowest BCUT2D eigenvalue weighted by Gasteiger charge is -2.19. The van der Waals surface area contributed by atoms with E-state index in [0.29, 0.717) is 25.0 Å². The zero-order valence-electron chi connectivity index (χ0n) is 11.3. The van der Waals surface area contributed by atoms with Crippen molar-refractivity contribution < 1.29 is 4.74 Å². The van der Waals surface area contributed by atoms with Crippen molar-refractivity contribution in [2.45, 2.75) is 39.5 Å². The molecule has 0 aliphatic heterocycles. The van der Waals surface area contributed by atoms with Crippen molar-refractivity contribution in [3.8, 4) is 5.75 Å². The number of ether oxygens (including phenoxy) is 1. The normalized spacial score (nSPS) is 12.8. The SMILES string of the molecule is CCC(c1ccc(OCCCN)cc1)C(C)C. The molecule has 0 aliphatic carbocycles. The van der Waals surface area contributed by atoms with Crippen molar-refractivity contribution >= 4 is 0 Å². The standard InChI is InChI=1S/C15H25NO/c1-4-15(12(2)3)13-6-8-14(9-7-13)17-11-5-10-16/h6-9,12,15H,4-5,10-11,16H2,1-3H3. The molecule has 2 N–H and O–H groups in total. The molecule has 2 heteroatoms. The maximum atomic E-state index is 5.60. The van der Waals surface area contributed by atoms with Gasteiger partial charge in [-0.05, 0) is 48.9 Å². The van der Waals surface area contributed by atoms with E-state index in [-0.39, 0.29) is 0 Å². The molecule has 2 nitrogen and oxygen atoms in total. The predicted octanol–water partition coefficient (Wildman–Crippen LogP) is 3.56. The second-order valence-electron chi connectivity index (χ2n) is 4.82. The maximum absolute atomic E-state index is 5.60. The van der Waals surface area contributed by atoms with Crippen molar-refractivity contribution in [1.29, 1.82) is 0 Å². The van der Waals surface area contributed by atoms with E-state index in [4.69, 9.17) is 10.5 Å². The zero-order chi connectivity index (χ0) is 12.7. The van der Waals surface area contributed by atoms with Crippen LogP contribution in [-0.2, 0) is 0 Å². The van der Waals surface area contributed by atoms with Gasteiger partial charge in [0, 0.05) is 0 Å². The highest BCUT2D eigenvalue weighted by Gasteiger charge is 2.13. The Morgan fingerprint density at radius 2 is 1.82 bits per heavy atom. The molecule has 1 atom stereocenters. The van der Waals surface area contributed by atoms with Crippen molar-refractivity contribution in [3.05, 3.63) is 29.8 Å². The van der Waals surface area contributed by atoms with Gasteiger partial charge in [-0.3, -0.25) is 0 Å². The predicted molar refractivity (Wildman–Crippen MR) is 73.5 cm³/mol. The Hall–Kier alpha value is -1.02. The molecule has 1 aromatic carbocycles. The van der Waals surface area contributed by atoms with Crippen LogP contribution in [0.1, 0.15) is 45.1 Å². The summed E-state index contributed by atoms with van der Waals surface area (Å²) < 4.78 is 5.60. The van der Waals surface area contributed by atoms with Gasteiger partial charge < -0.3 is 10.5 Å². The Labute approximate surface area is 105 Å². The fraction of sp³-hybridized carbons (Fsp3) is 0.600. The summed E-state index contributed by atoms with van der Waals surface area (Å²) in [5.74, 6) is 2.28. The molecular formula is C15H25NO. The molecular weight excluding hydrogens is 210 g/mol. The molecule has 1 rings (SSSR count). The van der Waals surface area contributed by atoms with E-state index in [2.05, 4.69) is 45.0 Å². The van der Waals surface area contributed by atoms with Crippen molar-refractivity contribution in [1.82, 2.24) is 0 Å². The molecule has 0 saturated carbocycles. The summed E-state index contributed by atoms with van der Waals surface area (Å²) in [6, 6.07) is 8.51. The van der Waals surface area contributed by atoms with Gasteiger partial charge in [0.1, 0.15) is 5.75 Å². The Balaban J connectivity index is 2.60. The van der Waals surface area contributed by atoms with Crippen LogP contribution in [0.25, 0.3) is 0 Å². The highest BCUT2D eigenvalue weighted by Crippen LogP contribution is 2.28. The van der Waals surface area contributed by atoms with Crippen LogP contribution in [0.3, 0.4) is 0 Å². The van der Waals surface area contributed by atoms with Crippen LogP contribution in [0.4, 0.5) is 0 Å². The topological polar surface area (TPSA) is 35.2 Å². The summed E-state index contributed by atoms with van der Waals surface area (Å²) in [5.41, 5.74) is 6.84.